The van der Waals surface area contributed by atoms with Gasteiger partial charge in [-0.1, -0.05) is 24.3 Å². The van der Waals surface area contributed by atoms with E-state index < -0.39 is 0 Å². The molecule has 1 heterocycles. The smallest absolute Gasteiger partial charge is 0.124 e. The van der Waals surface area contributed by atoms with Crippen molar-refractivity contribution in [3.63, 3.8) is 0 Å². The normalized spacial score (nSPS) is 12.2. The van der Waals surface area contributed by atoms with Crippen molar-refractivity contribution in [1.82, 2.24) is 4.98 Å². The Kier molecular flexibility index (Phi) is 5.09. The van der Waals surface area contributed by atoms with Crippen molar-refractivity contribution in [3.8, 4) is 5.75 Å². The Bertz CT molecular complexity index is 558. The number of para-hydroxylation sites is 1. The second-order valence-corrected chi connectivity index (χ2v) is 4.56. The second kappa shape index (κ2) is 7.03. The monoisotopic (exact) mass is 272 g/mol. The second-order valence-electron chi connectivity index (χ2n) is 4.56. The number of nitrogens with two attached hydrogens (primary N) is 1. The molecule has 0 aliphatic carbocycles. The highest BCUT2D eigenvalue weighted by atomic mass is 16.5. The molecule has 2 N–H and O–H groups in total. The highest BCUT2D eigenvalue weighted by Gasteiger charge is 2.15. The van der Waals surface area contributed by atoms with Crippen LogP contribution in [0, 0.1) is 6.92 Å². The zero-order valence-electron chi connectivity index (χ0n) is 11.9. The van der Waals surface area contributed by atoms with E-state index in [-0.39, 0.29) is 6.04 Å². The molecule has 2 aromatic rings. The Morgan fingerprint density at radius 1 is 1.10 bits per heavy atom. The molecule has 0 aliphatic rings. The number of pyridine rings is 1. The van der Waals surface area contributed by atoms with E-state index in [0.29, 0.717) is 13.2 Å². The average Bonchev–Trinajstić information content (AvgIpc) is 2.47. The van der Waals surface area contributed by atoms with Gasteiger partial charge in [-0.2, -0.15) is 0 Å². The van der Waals surface area contributed by atoms with E-state index >= 15 is 0 Å². The number of ether oxygens (including phenoxy) is 2. The SMILES string of the molecule is COCCOc1ccccc1C(N)c1cccc(C)n1. The number of rotatable bonds is 6. The van der Waals surface area contributed by atoms with Gasteiger partial charge in [0.25, 0.3) is 0 Å². The van der Waals surface area contributed by atoms with E-state index in [1.165, 1.54) is 0 Å². The molecule has 2 rings (SSSR count). The fraction of sp³-hybridized carbons (Fsp3) is 0.312. The Balaban J connectivity index is 2.23. The standard InChI is InChI=1S/C16H20N2O2/c1-12-6-5-8-14(18-12)16(17)13-7-3-4-9-15(13)20-11-10-19-2/h3-9,16H,10-11,17H2,1-2H3. The van der Waals surface area contributed by atoms with Crippen LogP contribution in [-0.2, 0) is 4.74 Å². The van der Waals surface area contributed by atoms with Crippen LogP contribution in [0.4, 0.5) is 0 Å². The minimum absolute atomic E-state index is 0.298. The molecular formula is C16H20N2O2. The maximum atomic E-state index is 6.32. The fourth-order valence-corrected chi connectivity index (χ4v) is 2.00. The van der Waals surface area contributed by atoms with E-state index in [9.17, 15) is 0 Å². The highest BCUT2D eigenvalue weighted by Crippen LogP contribution is 2.27. The van der Waals surface area contributed by atoms with Crippen LogP contribution < -0.4 is 10.5 Å². The molecule has 20 heavy (non-hydrogen) atoms. The van der Waals surface area contributed by atoms with Gasteiger partial charge in [0.15, 0.2) is 0 Å². The van der Waals surface area contributed by atoms with E-state index in [2.05, 4.69) is 4.98 Å². The van der Waals surface area contributed by atoms with Crippen LogP contribution in [0.15, 0.2) is 42.5 Å². The van der Waals surface area contributed by atoms with Crippen LogP contribution in [0.1, 0.15) is 23.0 Å². The number of aromatic nitrogens is 1. The molecule has 4 nitrogen and oxygen atoms in total. The lowest BCUT2D eigenvalue weighted by Crippen LogP contribution is -2.16. The lowest BCUT2D eigenvalue weighted by molar-refractivity contribution is 0.145. The fourth-order valence-electron chi connectivity index (χ4n) is 2.00. The topological polar surface area (TPSA) is 57.4 Å². The molecule has 0 aliphatic heterocycles. The largest absolute Gasteiger partial charge is 0.491 e. The first-order valence-corrected chi connectivity index (χ1v) is 6.62. The molecule has 1 aromatic heterocycles. The summed E-state index contributed by atoms with van der Waals surface area (Å²) in [6, 6.07) is 13.3. The first-order chi connectivity index (χ1) is 9.72. The van der Waals surface area contributed by atoms with E-state index in [1.54, 1.807) is 7.11 Å². The molecule has 1 unspecified atom stereocenters. The minimum Gasteiger partial charge on any atom is -0.491 e. The van der Waals surface area contributed by atoms with E-state index in [4.69, 9.17) is 15.2 Å². The van der Waals surface area contributed by atoms with Crippen LogP contribution in [0.25, 0.3) is 0 Å². The first-order valence-electron chi connectivity index (χ1n) is 6.62. The summed E-state index contributed by atoms with van der Waals surface area (Å²) in [5, 5.41) is 0. The summed E-state index contributed by atoms with van der Waals surface area (Å²) < 4.78 is 10.7. The third kappa shape index (κ3) is 3.56. The summed E-state index contributed by atoms with van der Waals surface area (Å²) >= 11 is 0. The zero-order valence-corrected chi connectivity index (χ0v) is 11.9. The molecule has 4 heteroatoms. The Morgan fingerprint density at radius 3 is 2.65 bits per heavy atom. The van der Waals surface area contributed by atoms with Gasteiger partial charge in [0, 0.05) is 18.4 Å². The van der Waals surface area contributed by atoms with Crippen molar-refractivity contribution in [3.05, 3.63) is 59.4 Å². The number of hydrogen-bond acceptors (Lipinski definition) is 4. The predicted octanol–water partition coefficient (Wildman–Crippen LogP) is 2.46. The molecule has 1 aromatic carbocycles. The highest BCUT2D eigenvalue weighted by molar-refractivity contribution is 5.39. The van der Waals surface area contributed by atoms with Gasteiger partial charge >= 0.3 is 0 Å². The lowest BCUT2D eigenvalue weighted by atomic mass is 10.0. The van der Waals surface area contributed by atoms with Crippen LogP contribution in [-0.4, -0.2) is 25.3 Å². The van der Waals surface area contributed by atoms with Gasteiger partial charge < -0.3 is 15.2 Å². The van der Waals surface area contributed by atoms with Crippen molar-refractivity contribution in [2.75, 3.05) is 20.3 Å². The third-order valence-corrected chi connectivity index (χ3v) is 3.03. The minimum atomic E-state index is -0.298. The first kappa shape index (κ1) is 14.5. The number of hydrogen-bond donors (Lipinski definition) is 1. The van der Waals surface area contributed by atoms with Gasteiger partial charge in [0.2, 0.25) is 0 Å². The molecule has 0 fully saturated rings. The third-order valence-electron chi connectivity index (χ3n) is 3.03. The van der Waals surface area contributed by atoms with Crippen LogP contribution >= 0.6 is 0 Å². The summed E-state index contributed by atoms with van der Waals surface area (Å²) in [6.45, 7) is 3.00. The Labute approximate surface area is 119 Å². The van der Waals surface area contributed by atoms with Crippen molar-refractivity contribution in [2.24, 2.45) is 5.73 Å². The molecule has 0 radical (unpaired) electrons. The Hall–Kier alpha value is -1.91. The zero-order chi connectivity index (χ0) is 14.4. The van der Waals surface area contributed by atoms with Crippen LogP contribution in [0.2, 0.25) is 0 Å². The molecule has 0 saturated carbocycles. The maximum absolute atomic E-state index is 6.32. The van der Waals surface area contributed by atoms with Crippen LogP contribution in [0.3, 0.4) is 0 Å². The maximum Gasteiger partial charge on any atom is 0.124 e. The van der Waals surface area contributed by atoms with Gasteiger partial charge in [-0.25, -0.2) is 0 Å². The number of benzene rings is 1. The molecule has 1 atom stereocenters. The van der Waals surface area contributed by atoms with Gasteiger partial charge in [0.05, 0.1) is 18.3 Å². The summed E-state index contributed by atoms with van der Waals surface area (Å²) in [5.41, 5.74) is 9.04. The van der Waals surface area contributed by atoms with Crippen molar-refractivity contribution in [2.45, 2.75) is 13.0 Å². The van der Waals surface area contributed by atoms with Gasteiger partial charge in [0.1, 0.15) is 12.4 Å². The molecule has 0 spiro atoms. The van der Waals surface area contributed by atoms with Crippen LogP contribution in [0.5, 0.6) is 5.75 Å². The van der Waals surface area contributed by atoms with Crippen molar-refractivity contribution >= 4 is 0 Å². The molecule has 0 saturated heterocycles. The van der Waals surface area contributed by atoms with E-state index in [1.807, 2.05) is 49.4 Å². The number of nitrogens with zero attached hydrogens (tertiary/aromatic N) is 1. The summed E-state index contributed by atoms with van der Waals surface area (Å²) in [6.07, 6.45) is 0. The molecular weight excluding hydrogens is 252 g/mol. The quantitative estimate of drug-likeness (QED) is 0.821. The summed E-state index contributed by atoms with van der Waals surface area (Å²) in [5.74, 6) is 0.778. The van der Waals surface area contributed by atoms with E-state index in [0.717, 1.165) is 22.7 Å². The summed E-state index contributed by atoms with van der Waals surface area (Å²) in [4.78, 5) is 4.48. The number of aryl methyl sites for hydroxylation is 1. The average molecular weight is 272 g/mol. The van der Waals surface area contributed by atoms with Crippen molar-refractivity contribution < 1.29 is 9.47 Å². The lowest BCUT2D eigenvalue weighted by Gasteiger charge is -2.17. The number of methoxy groups -OCH3 is 1. The van der Waals surface area contributed by atoms with Gasteiger partial charge in [-0.05, 0) is 25.1 Å². The molecule has 0 bridgehead atoms. The summed E-state index contributed by atoms with van der Waals surface area (Å²) in [7, 11) is 1.65. The Morgan fingerprint density at radius 2 is 1.90 bits per heavy atom. The van der Waals surface area contributed by atoms with Gasteiger partial charge in [-0.3, -0.25) is 4.98 Å². The molecule has 106 valence electrons. The van der Waals surface area contributed by atoms with Crippen molar-refractivity contribution in [1.29, 1.82) is 0 Å². The molecule has 0 amide bonds. The predicted molar refractivity (Wildman–Crippen MR) is 78.8 cm³/mol. The van der Waals surface area contributed by atoms with Gasteiger partial charge in [-0.15, -0.1) is 0 Å².